The molecule has 0 bridgehead atoms. The SMILES string of the molecule is O=C(OC1C(OC(=O)c2ccccc2)[C@@H](COP(=O)(O)OP(=O)(O)OP(=O)(O)OP(=O)(O)c2ccc(O)cc2)O[C@H]1n1ccc(=O)[nH]c1=O)c1ccccc1. The quantitative estimate of drug-likeness (QED) is 0.0739. The first kappa shape index (κ1) is 41.8. The molecular formula is C29H28N2O20P4. The molecule has 1 aliphatic rings. The molecule has 2 heterocycles. The maximum absolute atomic E-state index is 13.2. The zero-order valence-corrected chi connectivity index (χ0v) is 30.9. The molecule has 5 rings (SSSR count). The van der Waals surface area contributed by atoms with E-state index in [4.69, 9.17) is 18.7 Å². The summed E-state index contributed by atoms with van der Waals surface area (Å²) in [5.41, 5.74) is -1.99. The van der Waals surface area contributed by atoms with Crippen LogP contribution in [0, 0.1) is 0 Å². The van der Waals surface area contributed by atoms with Crippen LogP contribution in [0.25, 0.3) is 0 Å². The summed E-state index contributed by atoms with van der Waals surface area (Å²) in [6.45, 7) is -1.24. The van der Waals surface area contributed by atoms with Crippen LogP contribution in [-0.4, -0.2) is 71.1 Å². The number of aromatic nitrogens is 2. The van der Waals surface area contributed by atoms with E-state index in [-0.39, 0.29) is 16.9 Å². The van der Waals surface area contributed by atoms with Crippen LogP contribution in [0.4, 0.5) is 0 Å². The summed E-state index contributed by atoms with van der Waals surface area (Å²) in [4.78, 5) is 93.4. The van der Waals surface area contributed by atoms with E-state index >= 15 is 0 Å². The number of carbonyl (C=O) groups excluding carboxylic acids is 2. The van der Waals surface area contributed by atoms with Crippen LogP contribution >= 0.6 is 31.1 Å². The van der Waals surface area contributed by atoms with Gasteiger partial charge in [0.15, 0.2) is 18.4 Å². The Labute approximate surface area is 307 Å². The van der Waals surface area contributed by atoms with E-state index in [1.54, 1.807) is 12.1 Å². The van der Waals surface area contributed by atoms with Crippen molar-refractivity contribution in [2.45, 2.75) is 24.5 Å². The van der Waals surface area contributed by atoms with E-state index in [0.29, 0.717) is 0 Å². The van der Waals surface area contributed by atoms with E-state index in [0.717, 1.165) is 41.1 Å². The topological polar surface area (TPSA) is 323 Å². The van der Waals surface area contributed by atoms with Gasteiger partial charge < -0.3 is 38.9 Å². The van der Waals surface area contributed by atoms with Crippen molar-refractivity contribution >= 4 is 48.3 Å². The summed E-state index contributed by atoms with van der Waals surface area (Å²) >= 11 is 0. The molecule has 1 aromatic heterocycles. The third-order valence-corrected chi connectivity index (χ3v) is 13.6. The maximum atomic E-state index is 13.2. The number of ether oxygens (including phenoxy) is 3. The van der Waals surface area contributed by atoms with Gasteiger partial charge in [-0.25, -0.2) is 32.4 Å². The molecule has 1 saturated heterocycles. The van der Waals surface area contributed by atoms with Crippen LogP contribution in [0.5, 0.6) is 5.75 Å². The molecule has 0 saturated carbocycles. The predicted octanol–water partition coefficient (Wildman–Crippen LogP) is 2.47. The first-order valence-electron chi connectivity index (χ1n) is 15.1. The zero-order chi connectivity index (χ0) is 40.2. The lowest BCUT2D eigenvalue weighted by Crippen LogP contribution is -2.42. The van der Waals surface area contributed by atoms with Crippen LogP contribution in [0.2, 0.25) is 0 Å². The largest absolute Gasteiger partial charge is 0.508 e. The monoisotopic (exact) mass is 848 g/mol. The Hall–Kier alpha value is -4.36. The van der Waals surface area contributed by atoms with E-state index in [1.165, 1.54) is 48.5 Å². The summed E-state index contributed by atoms with van der Waals surface area (Å²) < 4.78 is 84.9. The van der Waals surface area contributed by atoms with Crippen molar-refractivity contribution in [3.63, 3.8) is 0 Å². The molecule has 6 unspecified atom stereocenters. The van der Waals surface area contributed by atoms with Gasteiger partial charge in [-0.15, -0.1) is 0 Å². The van der Waals surface area contributed by atoms with E-state index < -0.39 is 90.7 Å². The van der Waals surface area contributed by atoms with Gasteiger partial charge in [-0.05, 0) is 48.5 Å². The van der Waals surface area contributed by atoms with Gasteiger partial charge in [-0.2, -0.15) is 8.62 Å². The second-order valence-corrected chi connectivity index (χ2v) is 17.6. The number of esters is 2. The number of H-pyrrole nitrogens is 1. The highest BCUT2D eigenvalue weighted by Gasteiger charge is 2.53. The first-order valence-corrected chi connectivity index (χ1v) is 21.2. The van der Waals surface area contributed by atoms with Crippen molar-refractivity contribution in [2.75, 3.05) is 6.61 Å². The molecule has 4 aromatic rings. The lowest BCUT2D eigenvalue weighted by molar-refractivity contribution is -0.0597. The molecule has 55 heavy (non-hydrogen) atoms. The second-order valence-electron chi connectivity index (χ2n) is 11.0. The van der Waals surface area contributed by atoms with Crippen molar-refractivity contribution in [1.82, 2.24) is 9.55 Å². The van der Waals surface area contributed by atoms with Crippen LogP contribution in [0.3, 0.4) is 0 Å². The lowest BCUT2D eigenvalue weighted by Gasteiger charge is -2.25. The fourth-order valence-corrected chi connectivity index (χ4v) is 10.2. The van der Waals surface area contributed by atoms with Crippen molar-refractivity contribution in [3.05, 3.63) is 129 Å². The number of rotatable bonds is 15. The molecule has 1 fully saturated rings. The van der Waals surface area contributed by atoms with Gasteiger partial charge in [0.1, 0.15) is 11.9 Å². The van der Waals surface area contributed by atoms with Gasteiger partial charge in [-0.1, -0.05) is 36.4 Å². The molecular weight excluding hydrogens is 820 g/mol. The number of aromatic hydroxyl groups is 1. The molecule has 22 nitrogen and oxygen atoms in total. The number of nitrogens with zero attached hydrogens (tertiary/aromatic N) is 1. The number of nitrogens with one attached hydrogen (secondary N) is 1. The number of aromatic amines is 1. The predicted molar refractivity (Wildman–Crippen MR) is 183 cm³/mol. The van der Waals surface area contributed by atoms with Crippen LogP contribution in [-0.2, 0) is 49.9 Å². The van der Waals surface area contributed by atoms with Crippen LogP contribution < -0.4 is 16.6 Å². The highest BCUT2D eigenvalue weighted by Crippen LogP contribution is 2.71. The van der Waals surface area contributed by atoms with Crippen molar-refractivity contribution < 1.29 is 84.2 Å². The number of phenolic OH excluding ortho intramolecular Hbond substituents is 1. The average Bonchev–Trinajstić information content (AvgIpc) is 3.42. The molecule has 0 spiro atoms. The van der Waals surface area contributed by atoms with Gasteiger partial charge in [0.2, 0.25) is 0 Å². The molecule has 6 N–H and O–H groups in total. The van der Waals surface area contributed by atoms with Gasteiger partial charge in [0.05, 0.1) is 23.0 Å². The minimum absolute atomic E-state index is 0.0133. The van der Waals surface area contributed by atoms with Crippen LogP contribution in [0.1, 0.15) is 26.9 Å². The van der Waals surface area contributed by atoms with Crippen molar-refractivity contribution in [3.8, 4) is 5.75 Å². The standard InChI is InChI=1S/C29H28N2O20P4/c32-20-11-13-21(14-12-20)52(37,38)49-54(41,42)51-55(43,44)50-53(39,40)45-17-22-24(47-27(34)18-7-3-1-4-8-18)25(48-28(35)19-9-5-2-6-10-19)26(46-22)31-16-15-23(33)30-29(31)36/h1-16,22,24-26,32H,17H2,(H,37,38)(H,39,40)(H,41,42)(H,43,44)(H,30,33,36)/t22-,24?,25?,26-/m1/s1. The van der Waals surface area contributed by atoms with Gasteiger partial charge in [0, 0.05) is 12.3 Å². The van der Waals surface area contributed by atoms with Gasteiger partial charge in [0.25, 0.3) is 5.56 Å². The minimum atomic E-state index is -6.22. The Morgan fingerprint density at radius 3 is 1.75 bits per heavy atom. The Morgan fingerprint density at radius 1 is 0.691 bits per heavy atom. The number of phenols is 1. The summed E-state index contributed by atoms with van der Waals surface area (Å²) in [5.74, 6) is -2.45. The molecule has 1 aliphatic heterocycles. The Balaban J connectivity index is 1.39. The van der Waals surface area contributed by atoms with Crippen molar-refractivity contribution in [2.24, 2.45) is 0 Å². The lowest BCUT2D eigenvalue weighted by atomic mass is 10.1. The minimum Gasteiger partial charge on any atom is -0.508 e. The Kier molecular flexibility index (Phi) is 12.8. The average molecular weight is 848 g/mol. The number of hydrogen-bond acceptors (Lipinski definition) is 16. The number of phosphoric ester groups is 1. The Bertz CT molecular complexity index is 2340. The van der Waals surface area contributed by atoms with E-state index in [2.05, 4.69) is 12.9 Å². The highest BCUT2D eigenvalue weighted by atomic mass is 31.3. The van der Waals surface area contributed by atoms with Crippen LogP contribution in [0.15, 0.2) is 107 Å². The molecule has 0 aliphatic carbocycles. The normalized spacial score (nSPS) is 22.6. The second kappa shape index (κ2) is 16.8. The van der Waals surface area contributed by atoms with E-state index in [9.17, 15) is 62.1 Å². The molecule has 0 radical (unpaired) electrons. The summed E-state index contributed by atoms with van der Waals surface area (Å²) in [7, 11) is -23.5. The summed E-state index contributed by atoms with van der Waals surface area (Å²) in [5, 5.41) is 8.66. The highest BCUT2D eigenvalue weighted by molar-refractivity contribution is 7.73. The summed E-state index contributed by atoms with van der Waals surface area (Å²) in [6, 6.07) is 18.9. The molecule has 0 amide bonds. The van der Waals surface area contributed by atoms with Gasteiger partial charge >= 0.3 is 48.7 Å². The molecule has 8 atom stereocenters. The zero-order valence-electron chi connectivity index (χ0n) is 27.3. The number of benzene rings is 3. The maximum Gasteiger partial charge on any atom is 0.490 e. The molecule has 294 valence electrons. The number of hydrogen-bond donors (Lipinski definition) is 6. The smallest absolute Gasteiger partial charge is 0.490 e. The summed E-state index contributed by atoms with van der Waals surface area (Å²) in [6.07, 6.45) is -6.19. The third-order valence-electron chi connectivity index (χ3n) is 7.12. The fourth-order valence-electron chi connectivity index (χ4n) is 4.80. The number of phosphoric acid groups is 3. The fraction of sp³-hybridized carbons (Fsp3) is 0.172. The molecule has 3 aromatic carbocycles. The first-order chi connectivity index (χ1) is 25.7. The third kappa shape index (κ3) is 11.1. The Morgan fingerprint density at radius 2 is 1.20 bits per heavy atom. The van der Waals surface area contributed by atoms with Crippen molar-refractivity contribution in [1.29, 1.82) is 0 Å². The van der Waals surface area contributed by atoms with Gasteiger partial charge in [-0.3, -0.25) is 23.4 Å². The molecule has 26 heteroatoms. The van der Waals surface area contributed by atoms with E-state index in [1.807, 2.05) is 4.98 Å². The number of carbonyl (C=O) groups is 2.